The molecule has 0 radical (unpaired) electrons. The number of carbonyl (C=O) groups is 1. The molecule has 0 saturated carbocycles. The van der Waals surface area contributed by atoms with Crippen molar-refractivity contribution >= 4 is 33.3 Å². The molecular formula is C23H20N4OS. The molecule has 29 heavy (non-hydrogen) atoms. The van der Waals surface area contributed by atoms with Crippen LogP contribution in [0.3, 0.4) is 0 Å². The molecule has 1 aliphatic rings. The van der Waals surface area contributed by atoms with Crippen LogP contribution in [0.1, 0.15) is 34.3 Å². The Bertz CT molecular complexity index is 1200. The number of para-hydroxylation sites is 1. The van der Waals surface area contributed by atoms with E-state index in [0.29, 0.717) is 16.6 Å². The number of pyridine rings is 2. The minimum Gasteiger partial charge on any atom is -0.298 e. The summed E-state index contributed by atoms with van der Waals surface area (Å²) < 4.78 is 0. The van der Waals surface area contributed by atoms with Gasteiger partial charge >= 0.3 is 0 Å². The maximum Gasteiger partial charge on any atom is 0.258 e. The monoisotopic (exact) mass is 400 g/mol. The smallest absolute Gasteiger partial charge is 0.258 e. The predicted octanol–water partition coefficient (Wildman–Crippen LogP) is 5.13. The van der Waals surface area contributed by atoms with Crippen LogP contribution in [0.5, 0.6) is 0 Å². The highest BCUT2D eigenvalue weighted by Crippen LogP contribution is 2.33. The predicted molar refractivity (Wildman–Crippen MR) is 116 cm³/mol. The van der Waals surface area contributed by atoms with Crippen LogP contribution in [0.25, 0.3) is 22.2 Å². The number of aromatic nitrogens is 3. The molecule has 1 unspecified atom stereocenters. The first-order chi connectivity index (χ1) is 14.2. The molecule has 0 bridgehead atoms. The lowest BCUT2D eigenvalue weighted by Gasteiger charge is -2.15. The average molecular weight is 401 g/mol. The highest BCUT2D eigenvalue weighted by molar-refractivity contribution is 7.15. The lowest BCUT2D eigenvalue weighted by atomic mass is 9.93. The minimum atomic E-state index is -0.159. The Morgan fingerprint density at radius 1 is 1.17 bits per heavy atom. The van der Waals surface area contributed by atoms with Gasteiger partial charge in [0.05, 0.1) is 22.5 Å². The summed E-state index contributed by atoms with van der Waals surface area (Å²) in [6.07, 6.45) is 6.68. The van der Waals surface area contributed by atoms with Gasteiger partial charge in [-0.25, -0.2) is 9.97 Å². The number of benzene rings is 1. The fraction of sp³-hybridized carbons (Fsp3) is 0.217. The lowest BCUT2D eigenvalue weighted by Crippen LogP contribution is -2.13. The first-order valence-electron chi connectivity index (χ1n) is 9.77. The van der Waals surface area contributed by atoms with E-state index in [4.69, 9.17) is 4.98 Å². The number of thiazole rings is 1. The van der Waals surface area contributed by atoms with Crippen molar-refractivity contribution in [1.29, 1.82) is 0 Å². The highest BCUT2D eigenvalue weighted by atomic mass is 32.1. The molecule has 0 fully saturated rings. The Hall–Kier alpha value is -3.12. The number of hydrogen-bond acceptors (Lipinski definition) is 5. The van der Waals surface area contributed by atoms with Crippen molar-refractivity contribution in [2.75, 3.05) is 5.32 Å². The van der Waals surface area contributed by atoms with Gasteiger partial charge < -0.3 is 0 Å². The van der Waals surface area contributed by atoms with Crippen LogP contribution in [0, 0.1) is 5.92 Å². The van der Waals surface area contributed by atoms with Gasteiger partial charge in [-0.1, -0.05) is 25.1 Å². The zero-order valence-electron chi connectivity index (χ0n) is 16.1. The van der Waals surface area contributed by atoms with E-state index in [-0.39, 0.29) is 5.91 Å². The summed E-state index contributed by atoms with van der Waals surface area (Å²) >= 11 is 1.60. The summed E-state index contributed by atoms with van der Waals surface area (Å²) in [5.41, 5.74) is 4.13. The van der Waals surface area contributed by atoms with Crippen LogP contribution < -0.4 is 5.32 Å². The Labute approximate surface area is 172 Å². The molecule has 6 heteroatoms. The molecule has 5 rings (SSSR count). The first-order valence-corrected chi connectivity index (χ1v) is 10.6. The number of anilines is 1. The van der Waals surface area contributed by atoms with Gasteiger partial charge in [-0.2, -0.15) is 0 Å². The Morgan fingerprint density at radius 3 is 2.93 bits per heavy atom. The maximum atomic E-state index is 13.2. The molecule has 1 aliphatic carbocycles. The van der Waals surface area contributed by atoms with Crippen LogP contribution in [-0.2, 0) is 12.8 Å². The zero-order chi connectivity index (χ0) is 19.8. The molecule has 3 aromatic heterocycles. The molecular weight excluding hydrogens is 380 g/mol. The van der Waals surface area contributed by atoms with Crippen molar-refractivity contribution in [1.82, 2.24) is 15.0 Å². The van der Waals surface area contributed by atoms with E-state index in [0.717, 1.165) is 47.1 Å². The van der Waals surface area contributed by atoms with E-state index in [1.165, 1.54) is 4.88 Å². The van der Waals surface area contributed by atoms with Gasteiger partial charge in [0.25, 0.3) is 5.91 Å². The Kier molecular flexibility index (Phi) is 4.56. The van der Waals surface area contributed by atoms with Gasteiger partial charge in [0.15, 0.2) is 5.13 Å². The molecule has 5 nitrogen and oxygen atoms in total. The largest absolute Gasteiger partial charge is 0.298 e. The van der Waals surface area contributed by atoms with Crippen LogP contribution in [0.15, 0.2) is 54.9 Å². The molecule has 0 spiro atoms. The second-order valence-corrected chi connectivity index (χ2v) is 8.59. The SMILES string of the molecule is CC1CCc2nc(NC(=O)c3cc(-c4cccnc4)nc4ccccc34)sc2C1. The molecule has 3 heterocycles. The van der Waals surface area contributed by atoms with E-state index in [2.05, 4.69) is 22.2 Å². The Morgan fingerprint density at radius 2 is 2.07 bits per heavy atom. The topological polar surface area (TPSA) is 67.8 Å². The summed E-state index contributed by atoms with van der Waals surface area (Å²) in [4.78, 5) is 28.1. The van der Waals surface area contributed by atoms with E-state index in [1.807, 2.05) is 42.5 Å². The summed E-state index contributed by atoms with van der Waals surface area (Å²) in [5.74, 6) is 0.519. The minimum absolute atomic E-state index is 0.159. The quantitative estimate of drug-likeness (QED) is 0.518. The average Bonchev–Trinajstić information content (AvgIpc) is 3.14. The molecule has 4 aromatic rings. The molecule has 144 valence electrons. The van der Waals surface area contributed by atoms with Crippen molar-refractivity contribution in [2.45, 2.75) is 26.2 Å². The highest BCUT2D eigenvalue weighted by Gasteiger charge is 2.21. The molecule has 1 atom stereocenters. The van der Waals surface area contributed by atoms with E-state index in [1.54, 1.807) is 23.7 Å². The van der Waals surface area contributed by atoms with Gasteiger partial charge in [0.2, 0.25) is 0 Å². The van der Waals surface area contributed by atoms with Gasteiger partial charge in [-0.15, -0.1) is 11.3 Å². The second kappa shape index (κ2) is 7.37. The third-order valence-corrected chi connectivity index (χ3v) is 6.36. The normalized spacial score (nSPS) is 15.8. The van der Waals surface area contributed by atoms with Crippen LogP contribution in [-0.4, -0.2) is 20.9 Å². The lowest BCUT2D eigenvalue weighted by molar-refractivity contribution is 0.102. The molecule has 1 N–H and O–H groups in total. The van der Waals surface area contributed by atoms with Gasteiger partial charge in [0, 0.05) is 28.2 Å². The Balaban J connectivity index is 1.53. The van der Waals surface area contributed by atoms with Crippen molar-refractivity contribution in [2.24, 2.45) is 5.92 Å². The van der Waals surface area contributed by atoms with Crippen LogP contribution >= 0.6 is 11.3 Å². The standard InChI is InChI=1S/C23H20N4OS/c1-14-8-9-19-21(11-14)29-23(26-19)27-22(28)17-12-20(15-5-4-10-24-13-15)25-18-7-3-2-6-16(17)18/h2-7,10,12-14H,8-9,11H2,1H3,(H,26,27,28). The maximum absolute atomic E-state index is 13.2. The van der Waals surface area contributed by atoms with Crippen LogP contribution in [0.4, 0.5) is 5.13 Å². The molecule has 1 aromatic carbocycles. The zero-order valence-corrected chi connectivity index (χ0v) is 16.9. The molecule has 1 amide bonds. The van der Waals surface area contributed by atoms with Gasteiger partial charge in [-0.3, -0.25) is 15.1 Å². The number of carbonyl (C=O) groups excluding carboxylic acids is 1. The van der Waals surface area contributed by atoms with E-state index < -0.39 is 0 Å². The van der Waals surface area contributed by atoms with Crippen molar-refractivity contribution in [3.8, 4) is 11.3 Å². The van der Waals surface area contributed by atoms with Crippen molar-refractivity contribution in [3.05, 3.63) is 71.0 Å². The van der Waals surface area contributed by atoms with E-state index in [9.17, 15) is 4.79 Å². The van der Waals surface area contributed by atoms with Crippen molar-refractivity contribution < 1.29 is 4.79 Å². The number of nitrogens with zero attached hydrogens (tertiary/aromatic N) is 3. The number of fused-ring (bicyclic) bond motifs is 2. The number of nitrogens with one attached hydrogen (secondary N) is 1. The number of hydrogen-bond donors (Lipinski definition) is 1. The fourth-order valence-electron chi connectivity index (χ4n) is 3.78. The van der Waals surface area contributed by atoms with Gasteiger partial charge in [-0.05, 0) is 49.4 Å². The van der Waals surface area contributed by atoms with Crippen molar-refractivity contribution in [3.63, 3.8) is 0 Å². The molecule has 0 saturated heterocycles. The third-order valence-electron chi connectivity index (χ3n) is 5.32. The summed E-state index contributed by atoms with van der Waals surface area (Å²) in [6, 6.07) is 13.4. The fourth-order valence-corrected chi connectivity index (χ4v) is 4.95. The number of amides is 1. The van der Waals surface area contributed by atoms with Crippen LogP contribution in [0.2, 0.25) is 0 Å². The summed E-state index contributed by atoms with van der Waals surface area (Å²) in [7, 11) is 0. The third kappa shape index (κ3) is 3.51. The first kappa shape index (κ1) is 17.9. The van der Waals surface area contributed by atoms with Gasteiger partial charge in [0.1, 0.15) is 0 Å². The number of aryl methyl sites for hydroxylation is 1. The number of rotatable bonds is 3. The second-order valence-electron chi connectivity index (χ2n) is 7.50. The summed E-state index contributed by atoms with van der Waals surface area (Å²) in [6.45, 7) is 2.27. The van der Waals surface area contributed by atoms with E-state index >= 15 is 0 Å². The molecule has 0 aliphatic heterocycles. The summed E-state index contributed by atoms with van der Waals surface area (Å²) in [5, 5.41) is 4.53.